The first-order chi connectivity index (χ1) is 4.24. The van der Waals surface area contributed by atoms with Crippen molar-refractivity contribution in [3.05, 3.63) is 6.42 Å². The summed E-state index contributed by atoms with van der Waals surface area (Å²) in [5.74, 6) is 0. The summed E-state index contributed by atoms with van der Waals surface area (Å²) in [6.07, 6.45) is 0.642. The molecule has 1 radical (unpaired) electrons. The molecule has 0 saturated carbocycles. The Bertz CT molecular complexity index is 94.3. The molecular weight excluding hydrogens is 120 g/mol. The highest BCUT2D eigenvalue weighted by Crippen LogP contribution is 2.17. The van der Waals surface area contributed by atoms with Crippen LogP contribution in [-0.4, -0.2) is 35.1 Å². The Balaban J connectivity index is 2.38. The van der Waals surface area contributed by atoms with Gasteiger partial charge in [0.25, 0.3) is 0 Å². The van der Waals surface area contributed by atoms with Crippen molar-refractivity contribution in [2.45, 2.75) is 25.2 Å². The van der Waals surface area contributed by atoms with Crippen molar-refractivity contribution in [1.82, 2.24) is 0 Å². The second-order valence-electron chi connectivity index (χ2n) is 2.25. The average molecular weight is 131 g/mol. The summed E-state index contributed by atoms with van der Waals surface area (Å²) >= 11 is 0. The lowest BCUT2D eigenvalue weighted by Gasteiger charge is -2.08. The second kappa shape index (κ2) is 2.64. The molecule has 1 heterocycles. The summed E-state index contributed by atoms with van der Waals surface area (Å²) < 4.78 is 5.07. The molecule has 0 aliphatic carbocycles. The van der Waals surface area contributed by atoms with Crippen LogP contribution in [0, 0.1) is 6.42 Å². The summed E-state index contributed by atoms with van der Waals surface area (Å²) in [6, 6.07) is 0. The third kappa shape index (κ3) is 1.41. The molecule has 3 heteroatoms. The molecule has 0 aromatic rings. The maximum atomic E-state index is 9.02. The molecule has 0 unspecified atom stereocenters. The fraction of sp³-hybridized carbons (Fsp3) is 0.833. The lowest BCUT2D eigenvalue weighted by molar-refractivity contribution is -0.0170. The lowest BCUT2D eigenvalue weighted by atomic mass is 10.1. The predicted molar refractivity (Wildman–Crippen MR) is 31.7 cm³/mol. The molecule has 3 nitrogen and oxygen atoms in total. The van der Waals surface area contributed by atoms with Crippen LogP contribution in [0.4, 0.5) is 0 Å². The summed E-state index contributed by atoms with van der Waals surface area (Å²) in [6.45, 7) is 1.72. The monoisotopic (exact) mass is 131 g/mol. The highest BCUT2D eigenvalue weighted by atomic mass is 16.5. The zero-order valence-electron chi connectivity index (χ0n) is 5.32. The van der Waals surface area contributed by atoms with Crippen LogP contribution in [0.25, 0.3) is 0 Å². The summed E-state index contributed by atoms with van der Waals surface area (Å²) in [5, 5.41) is 17.6. The van der Waals surface area contributed by atoms with Crippen LogP contribution in [0.3, 0.4) is 0 Å². The molecular formula is C6H11O3. The normalized spacial score (nSPS) is 43.7. The topological polar surface area (TPSA) is 49.7 Å². The Morgan fingerprint density at radius 1 is 1.67 bits per heavy atom. The molecule has 1 fully saturated rings. The van der Waals surface area contributed by atoms with Crippen LogP contribution in [0.2, 0.25) is 0 Å². The molecule has 1 aliphatic heterocycles. The van der Waals surface area contributed by atoms with Crippen LogP contribution >= 0.6 is 0 Å². The van der Waals surface area contributed by atoms with E-state index in [2.05, 4.69) is 0 Å². The molecule has 1 rings (SSSR count). The summed E-state index contributed by atoms with van der Waals surface area (Å²) in [4.78, 5) is 0. The molecule has 0 aromatic carbocycles. The van der Waals surface area contributed by atoms with Crippen LogP contribution in [-0.2, 0) is 4.74 Å². The van der Waals surface area contributed by atoms with Gasteiger partial charge in [-0.2, -0.15) is 0 Å². The molecule has 0 amide bonds. The molecule has 1 aliphatic rings. The van der Waals surface area contributed by atoms with Crippen molar-refractivity contribution >= 4 is 0 Å². The van der Waals surface area contributed by atoms with E-state index in [9.17, 15) is 0 Å². The first kappa shape index (κ1) is 6.99. The Morgan fingerprint density at radius 3 is 2.56 bits per heavy atom. The molecule has 9 heavy (non-hydrogen) atoms. The average Bonchev–Trinajstić information content (AvgIpc) is 2.10. The Labute approximate surface area is 54.3 Å². The van der Waals surface area contributed by atoms with E-state index in [4.69, 9.17) is 14.9 Å². The van der Waals surface area contributed by atoms with Gasteiger partial charge in [0, 0.05) is 6.42 Å². The van der Waals surface area contributed by atoms with Crippen molar-refractivity contribution in [2.24, 2.45) is 0 Å². The van der Waals surface area contributed by atoms with Crippen LogP contribution in [0.15, 0.2) is 0 Å². The summed E-state index contributed by atoms with van der Waals surface area (Å²) in [7, 11) is 0. The van der Waals surface area contributed by atoms with Gasteiger partial charge in [-0.3, -0.25) is 0 Å². The van der Waals surface area contributed by atoms with E-state index in [-0.39, 0.29) is 12.7 Å². The van der Waals surface area contributed by atoms with Gasteiger partial charge in [0.15, 0.2) is 0 Å². The van der Waals surface area contributed by atoms with Crippen LogP contribution in [0.1, 0.15) is 6.92 Å². The highest BCUT2D eigenvalue weighted by molar-refractivity contribution is 4.94. The van der Waals surface area contributed by atoms with E-state index in [1.807, 2.05) is 6.92 Å². The van der Waals surface area contributed by atoms with Gasteiger partial charge in [-0.25, -0.2) is 0 Å². The van der Waals surface area contributed by atoms with Gasteiger partial charge in [-0.05, 0) is 6.92 Å². The number of ether oxygens (including phenoxy) is 1. The first-order valence-electron chi connectivity index (χ1n) is 3.03. The Kier molecular flexibility index (Phi) is 2.05. The van der Waals surface area contributed by atoms with E-state index in [0.29, 0.717) is 0 Å². The Hall–Kier alpha value is -0.120. The SMILES string of the molecule is C[C@H]1[CH][C@@H](O)[C@@H](CO)O1. The first-order valence-corrected chi connectivity index (χ1v) is 3.03. The van der Waals surface area contributed by atoms with Gasteiger partial charge in [-0.1, -0.05) is 0 Å². The largest absolute Gasteiger partial charge is 0.394 e. The van der Waals surface area contributed by atoms with E-state index in [1.54, 1.807) is 6.42 Å². The smallest absolute Gasteiger partial charge is 0.107 e. The van der Waals surface area contributed by atoms with Crippen LogP contribution < -0.4 is 0 Å². The second-order valence-corrected chi connectivity index (χ2v) is 2.25. The number of hydrogen-bond acceptors (Lipinski definition) is 3. The van der Waals surface area contributed by atoms with Gasteiger partial charge >= 0.3 is 0 Å². The number of aliphatic hydroxyl groups excluding tert-OH is 2. The van der Waals surface area contributed by atoms with Gasteiger partial charge in [0.2, 0.25) is 0 Å². The fourth-order valence-electron chi connectivity index (χ4n) is 0.954. The van der Waals surface area contributed by atoms with E-state index < -0.39 is 12.2 Å². The van der Waals surface area contributed by atoms with Crippen LogP contribution in [0.5, 0.6) is 0 Å². The van der Waals surface area contributed by atoms with Crippen molar-refractivity contribution in [1.29, 1.82) is 0 Å². The quantitative estimate of drug-likeness (QED) is 0.496. The highest BCUT2D eigenvalue weighted by Gasteiger charge is 2.30. The zero-order valence-corrected chi connectivity index (χ0v) is 5.32. The molecule has 3 atom stereocenters. The molecule has 0 bridgehead atoms. The minimum atomic E-state index is -0.593. The predicted octanol–water partition coefficient (Wildman–Crippen LogP) is -0.669. The molecule has 53 valence electrons. The van der Waals surface area contributed by atoms with Crippen molar-refractivity contribution < 1.29 is 14.9 Å². The van der Waals surface area contributed by atoms with Gasteiger partial charge in [0.05, 0.1) is 18.8 Å². The number of hydrogen-bond donors (Lipinski definition) is 2. The minimum absolute atomic E-state index is 0.0304. The minimum Gasteiger partial charge on any atom is -0.394 e. The molecule has 2 N–H and O–H groups in total. The number of rotatable bonds is 1. The lowest BCUT2D eigenvalue weighted by Crippen LogP contribution is -2.24. The standard InChI is InChI=1S/C6H11O3/c1-4-2-5(8)6(3-7)9-4/h2,4-8H,3H2,1H3/t4-,5+,6+/m0/s1. The molecule has 0 spiro atoms. The summed E-state index contributed by atoms with van der Waals surface area (Å²) in [5.41, 5.74) is 0. The maximum absolute atomic E-state index is 9.02. The Morgan fingerprint density at radius 2 is 2.33 bits per heavy atom. The third-order valence-electron chi connectivity index (χ3n) is 1.42. The van der Waals surface area contributed by atoms with E-state index in [1.165, 1.54) is 0 Å². The van der Waals surface area contributed by atoms with Crippen molar-refractivity contribution in [3.63, 3.8) is 0 Å². The van der Waals surface area contributed by atoms with Gasteiger partial charge < -0.3 is 14.9 Å². The molecule has 0 aromatic heterocycles. The number of aliphatic hydroxyl groups is 2. The van der Waals surface area contributed by atoms with Crippen molar-refractivity contribution in [2.75, 3.05) is 6.61 Å². The molecule has 1 saturated heterocycles. The third-order valence-corrected chi connectivity index (χ3v) is 1.42. The van der Waals surface area contributed by atoms with E-state index in [0.717, 1.165) is 0 Å². The van der Waals surface area contributed by atoms with E-state index >= 15 is 0 Å². The zero-order chi connectivity index (χ0) is 6.85. The van der Waals surface area contributed by atoms with Crippen molar-refractivity contribution in [3.8, 4) is 0 Å². The fourth-order valence-corrected chi connectivity index (χ4v) is 0.954. The maximum Gasteiger partial charge on any atom is 0.107 e. The van der Waals surface area contributed by atoms with Gasteiger partial charge in [-0.15, -0.1) is 0 Å². The van der Waals surface area contributed by atoms with Gasteiger partial charge in [0.1, 0.15) is 6.10 Å².